The average molecular weight is 290 g/mol. The van der Waals surface area contributed by atoms with Gasteiger partial charge in [0.05, 0.1) is 6.10 Å². The normalized spacial score (nSPS) is 23.0. The Morgan fingerprint density at radius 3 is 2.48 bits per heavy atom. The van der Waals surface area contributed by atoms with Gasteiger partial charge >= 0.3 is 0 Å². The molecule has 1 N–H and O–H groups in total. The summed E-state index contributed by atoms with van der Waals surface area (Å²) in [5, 5.41) is 3.59. The molecule has 1 fully saturated rings. The second-order valence-electron chi connectivity index (χ2n) is 7.22. The molecule has 1 saturated heterocycles. The van der Waals surface area contributed by atoms with Gasteiger partial charge in [-0.15, -0.1) is 0 Å². The summed E-state index contributed by atoms with van der Waals surface area (Å²) in [6.07, 6.45) is 1.48. The van der Waals surface area contributed by atoms with Gasteiger partial charge in [0, 0.05) is 31.3 Å². The predicted molar refractivity (Wildman–Crippen MR) is 88.3 cm³/mol. The Bertz CT molecular complexity index is 453. The minimum atomic E-state index is 0.146. The first-order chi connectivity index (χ1) is 9.87. The van der Waals surface area contributed by atoms with Gasteiger partial charge in [0.2, 0.25) is 0 Å². The molecule has 1 heterocycles. The molecule has 2 unspecified atom stereocenters. The van der Waals surface area contributed by atoms with E-state index in [9.17, 15) is 0 Å². The summed E-state index contributed by atoms with van der Waals surface area (Å²) in [4.78, 5) is 2.44. The van der Waals surface area contributed by atoms with Gasteiger partial charge in [-0.05, 0) is 52.3 Å². The first-order valence-electron chi connectivity index (χ1n) is 8.00. The average Bonchev–Trinajstić information content (AvgIpc) is 2.83. The van der Waals surface area contributed by atoms with Crippen LogP contribution in [0.15, 0.2) is 24.3 Å². The molecule has 0 spiro atoms. The van der Waals surface area contributed by atoms with Gasteiger partial charge in [0.25, 0.3) is 0 Å². The molecule has 0 saturated carbocycles. The Balaban J connectivity index is 2.02. The van der Waals surface area contributed by atoms with E-state index >= 15 is 0 Å². The number of nitrogens with one attached hydrogen (secondary N) is 1. The summed E-state index contributed by atoms with van der Waals surface area (Å²) in [5.74, 6) is 0. The second kappa shape index (κ2) is 6.91. The summed E-state index contributed by atoms with van der Waals surface area (Å²) in [7, 11) is 2.21. The lowest BCUT2D eigenvalue weighted by Crippen LogP contribution is -2.37. The van der Waals surface area contributed by atoms with Crippen LogP contribution in [0.3, 0.4) is 0 Å². The van der Waals surface area contributed by atoms with Crippen molar-refractivity contribution < 1.29 is 4.74 Å². The summed E-state index contributed by atoms with van der Waals surface area (Å²) in [5.41, 5.74) is 2.95. The first kappa shape index (κ1) is 16.5. The zero-order chi connectivity index (χ0) is 15.5. The quantitative estimate of drug-likeness (QED) is 0.901. The summed E-state index contributed by atoms with van der Waals surface area (Å²) in [6, 6.07) is 9.28. The van der Waals surface area contributed by atoms with Crippen LogP contribution < -0.4 is 5.32 Å². The van der Waals surface area contributed by atoms with E-state index in [-0.39, 0.29) is 5.54 Å². The van der Waals surface area contributed by atoms with E-state index in [2.05, 4.69) is 69.2 Å². The number of nitrogens with zero attached hydrogens (tertiary/aromatic N) is 1. The topological polar surface area (TPSA) is 24.5 Å². The van der Waals surface area contributed by atoms with Crippen LogP contribution in [-0.4, -0.2) is 36.2 Å². The first-order valence-corrected chi connectivity index (χ1v) is 8.00. The van der Waals surface area contributed by atoms with Crippen molar-refractivity contribution in [3.8, 4) is 0 Å². The molecule has 0 aromatic heterocycles. The molecule has 1 aromatic rings. The maximum atomic E-state index is 5.69. The van der Waals surface area contributed by atoms with Crippen molar-refractivity contribution in [1.82, 2.24) is 10.2 Å². The summed E-state index contributed by atoms with van der Waals surface area (Å²) < 4.78 is 5.69. The molecule has 1 aliphatic heterocycles. The zero-order valence-electron chi connectivity index (χ0n) is 14.1. The maximum absolute atomic E-state index is 5.69. The van der Waals surface area contributed by atoms with E-state index in [4.69, 9.17) is 4.74 Å². The molecule has 0 radical (unpaired) electrons. The molecule has 2 rings (SSSR count). The molecule has 21 heavy (non-hydrogen) atoms. The van der Waals surface area contributed by atoms with Crippen LogP contribution in [0.5, 0.6) is 0 Å². The molecular weight excluding hydrogens is 260 g/mol. The molecule has 0 amide bonds. The Hall–Kier alpha value is -0.900. The third kappa shape index (κ3) is 4.80. The highest BCUT2D eigenvalue weighted by Crippen LogP contribution is 2.21. The van der Waals surface area contributed by atoms with Crippen LogP contribution >= 0.6 is 0 Å². The lowest BCUT2D eigenvalue weighted by Gasteiger charge is -2.28. The van der Waals surface area contributed by atoms with Crippen molar-refractivity contribution in [3.05, 3.63) is 35.4 Å². The van der Waals surface area contributed by atoms with Crippen molar-refractivity contribution in [2.75, 3.05) is 13.7 Å². The highest BCUT2D eigenvalue weighted by Gasteiger charge is 2.28. The Labute approximate surface area is 129 Å². The van der Waals surface area contributed by atoms with Crippen molar-refractivity contribution >= 4 is 0 Å². The van der Waals surface area contributed by atoms with E-state index in [1.165, 1.54) is 11.1 Å². The Morgan fingerprint density at radius 2 is 1.90 bits per heavy atom. The molecule has 1 aliphatic rings. The SMILES string of the molecule is CC1OCCC1N(C)Cc1ccccc1CNC(C)(C)C. The number of likely N-dealkylation sites (N-methyl/N-ethyl adjacent to an activating group) is 1. The van der Waals surface area contributed by atoms with Crippen molar-refractivity contribution in [1.29, 1.82) is 0 Å². The molecule has 0 aliphatic carbocycles. The van der Waals surface area contributed by atoms with Crippen molar-refractivity contribution in [2.45, 2.75) is 64.9 Å². The monoisotopic (exact) mass is 290 g/mol. The van der Waals surface area contributed by atoms with Crippen LogP contribution in [-0.2, 0) is 17.8 Å². The van der Waals surface area contributed by atoms with Crippen LogP contribution in [0.25, 0.3) is 0 Å². The fraction of sp³-hybridized carbons (Fsp3) is 0.667. The molecule has 3 heteroatoms. The largest absolute Gasteiger partial charge is 0.377 e. The number of hydrogen-bond donors (Lipinski definition) is 1. The molecule has 2 atom stereocenters. The minimum absolute atomic E-state index is 0.146. The highest BCUT2D eigenvalue weighted by molar-refractivity contribution is 5.27. The molecule has 3 nitrogen and oxygen atoms in total. The van der Waals surface area contributed by atoms with Gasteiger partial charge in [-0.1, -0.05) is 24.3 Å². The van der Waals surface area contributed by atoms with E-state index < -0.39 is 0 Å². The van der Waals surface area contributed by atoms with Gasteiger partial charge in [0.15, 0.2) is 0 Å². The molecule has 118 valence electrons. The van der Waals surface area contributed by atoms with Gasteiger partial charge in [-0.3, -0.25) is 4.90 Å². The predicted octanol–water partition coefficient (Wildman–Crippen LogP) is 3.18. The van der Waals surface area contributed by atoms with Crippen molar-refractivity contribution in [2.24, 2.45) is 0 Å². The summed E-state index contributed by atoms with van der Waals surface area (Å²) in [6.45, 7) is 11.6. The fourth-order valence-electron chi connectivity index (χ4n) is 2.93. The number of benzene rings is 1. The molecule has 0 bridgehead atoms. The van der Waals surface area contributed by atoms with Crippen LogP contribution in [0, 0.1) is 0 Å². The van der Waals surface area contributed by atoms with Gasteiger partial charge in [-0.25, -0.2) is 0 Å². The van der Waals surface area contributed by atoms with Crippen molar-refractivity contribution in [3.63, 3.8) is 0 Å². The zero-order valence-corrected chi connectivity index (χ0v) is 14.1. The Morgan fingerprint density at radius 1 is 1.24 bits per heavy atom. The summed E-state index contributed by atoms with van der Waals surface area (Å²) >= 11 is 0. The molecular formula is C18H30N2O. The second-order valence-corrected chi connectivity index (χ2v) is 7.22. The third-order valence-corrected chi connectivity index (χ3v) is 4.25. The van der Waals surface area contributed by atoms with E-state index in [1.807, 2.05) is 0 Å². The lowest BCUT2D eigenvalue weighted by atomic mass is 10.0. The van der Waals surface area contributed by atoms with Gasteiger partial charge in [-0.2, -0.15) is 0 Å². The lowest BCUT2D eigenvalue weighted by molar-refractivity contribution is 0.0813. The van der Waals surface area contributed by atoms with Crippen LogP contribution in [0.2, 0.25) is 0 Å². The number of rotatable bonds is 5. The smallest absolute Gasteiger partial charge is 0.0703 e. The standard InChI is InChI=1S/C18H30N2O/c1-14-17(10-11-21-14)20(5)13-16-9-7-6-8-15(16)12-19-18(2,3)4/h6-9,14,17,19H,10-13H2,1-5H3. The van der Waals surface area contributed by atoms with Gasteiger partial charge < -0.3 is 10.1 Å². The van der Waals surface area contributed by atoms with E-state index in [1.54, 1.807) is 0 Å². The fourth-order valence-corrected chi connectivity index (χ4v) is 2.93. The van der Waals surface area contributed by atoms with Crippen LogP contribution in [0.1, 0.15) is 45.2 Å². The third-order valence-electron chi connectivity index (χ3n) is 4.25. The maximum Gasteiger partial charge on any atom is 0.0703 e. The van der Waals surface area contributed by atoms with E-state index in [0.717, 1.165) is 26.1 Å². The van der Waals surface area contributed by atoms with Gasteiger partial charge in [0.1, 0.15) is 0 Å². The minimum Gasteiger partial charge on any atom is -0.377 e. The van der Waals surface area contributed by atoms with E-state index in [0.29, 0.717) is 12.1 Å². The van der Waals surface area contributed by atoms with Crippen LogP contribution in [0.4, 0.5) is 0 Å². The highest BCUT2D eigenvalue weighted by atomic mass is 16.5. The molecule has 1 aromatic carbocycles. The Kier molecular flexibility index (Phi) is 5.42. The number of hydrogen-bond acceptors (Lipinski definition) is 3. The number of ether oxygens (including phenoxy) is 1.